The van der Waals surface area contributed by atoms with Gasteiger partial charge in [0.15, 0.2) is 29.0 Å². The fourth-order valence-electron chi connectivity index (χ4n) is 7.08. The van der Waals surface area contributed by atoms with Crippen LogP contribution in [0.3, 0.4) is 0 Å². The lowest BCUT2D eigenvalue weighted by Crippen LogP contribution is -2.24. The second kappa shape index (κ2) is 15.0. The van der Waals surface area contributed by atoms with Gasteiger partial charge < -0.3 is 24.0 Å². The fraction of sp³-hybridized carbons (Fsp3) is 0.130. The summed E-state index contributed by atoms with van der Waals surface area (Å²) in [6.07, 6.45) is 0.546. The number of carbonyl (C=O) groups is 2. The van der Waals surface area contributed by atoms with Gasteiger partial charge in [0.2, 0.25) is 10.9 Å². The zero-order valence-corrected chi connectivity index (χ0v) is 31.7. The molecular formula is C46H37N5O6. The molecule has 0 saturated heterocycles. The maximum atomic E-state index is 13.4. The standard InChI is InChI=1S/C27H23N3O3.C19H14N2O3/c1-3-30(4-2)18-14-15-21-22(16-18)33-26-23(27(32)28-17-10-6-5-7-11-17)25(31)20-13-9-8-12-19(20)24(26)29-21;1-21(2)11-7-8-15-16(9-11)24-19-14(10-22)18(23)13-6-4-3-5-12(13)17(19)20-15/h5-16H,3-4H2,1-2H3,(H,28,32);3-10H,1-2H3. The molecule has 5 aromatic carbocycles. The quantitative estimate of drug-likeness (QED) is 0.0954. The number of carbonyl (C=O) groups excluding carboxylic acids is 2. The van der Waals surface area contributed by atoms with Crippen molar-refractivity contribution in [1.29, 1.82) is 0 Å². The zero-order valence-electron chi connectivity index (χ0n) is 31.7. The number of aromatic nitrogens is 2. The van der Waals surface area contributed by atoms with Crippen molar-refractivity contribution in [2.24, 2.45) is 0 Å². The highest BCUT2D eigenvalue weighted by molar-refractivity contribution is 6.13. The van der Waals surface area contributed by atoms with Crippen molar-refractivity contribution in [3.63, 3.8) is 0 Å². The normalized spacial score (nSPS) is 11.2. The predicted molar refractivity (Wildman–Crippen MR) is 226 cm³/mol. The summed E-state index contributed by atoms with van der Waals surface area (Å²) in [6.45, 7) is 5.88. The van der Waals surface area contributed by atoms with E-state index in [0.717, 1.165) is 24.5 Å². The van der Waals surface area contributed by atoms with Gasteiger partial charge in [-0.3, -0.25) is 19.2 Å². The third-order valence-electron chi connectivity index (χ3n) is 10.0. The van der Waals surface area contributed by atoms with E-state index >= 15 is 0 Å². The molecule has 0 atom stereocenters. The molecule has 0 aromatic heterocycles. The van der Waals surface area contributed by atoms with Crippen molar-refractivity contribution in [3.8, 4) is 22.9 Å². The van der Waals surface area contributed by atoms with Gasteiger partial charge in [-0.2, -0.15) is 0 Å². The van der Waals surface area contributed by atoms with Crippen LogP contribution in [0.15, 0.2) is 134 Å². The number of hydrogen-bond acceptors (Lipinski definition) is 10. The van der Waals surface area contributed by atoms with Crippen molar-refractivity contribution in [3.05, 3.63) is 147 Å². The van der Waals surface area contributed by atoms with E-state index in [4.69, 9.17) is 13.8 Å². The Labute approximate surface area is 326 Å². The molecule has 2 aliphatic heterocycles. The number of nitrogens with one attached hydrogen (secondary N) is 1. The van der Waals surface area contributed by atoms with Gasteiger partial charge in [0.1, 0.15) is 33.5 Å². The third kappa shape index (κ3) is 6.58. The summed E-state index contributed by atoms with van der Waals surface area (Å²) in [6, 6.07) is 34.8. The number of anilines is 3. The van der Waals surface area contributed by atoms with Gasteiger partial charge in [-0.15, -0.1) is 0 Å². The largest absolute Gasteiger partial charge is 0.452 e. The van der Waals surface area contributed by atoms with Gasteiger partial charge in [-0.25, -0.2) is 9.97 Å². The van der Waals surface area contributed by atoms with Crippen LogP contribution in [0.1, 0.15) is 34.6 Å². The summed E-state index contributed by atoms with van der Waals surface area (Å²) in [5, 5.41) is 5.07. The molecule has 0 fully saturated rings. The molecule has 2 aliphatic carbocycles. The molecule has 0 saturated carbocycles. The minimum absolute atomic E-state index is 0.00774. The molecule has 4 aliphatic rings. The van der Waals surface area contributed by atoms with Crippen LogP contribution in [0.25, 0.3) is 66.7 Å². The molecule has 0 bridgehead atoms. The van der Waals surface area contributed by atoms with Crippen LogP contribution in [-0.4, -0.2) is 49.3 Å². The smallest absolute Gasteiger partial charge is 0.263 e. The minimum atomic E-state index is -0.522. The monoisotopic (exact) mass is 755 g/mol. The molecule has 57 heavy (non-hydrogen) atoms. The van der Waals surface area contributed by atoms with Crippen molar-refractivity contribution in [2.75, 3.05) is 42.3 Å². The SMILES string of the molecule is CCN(CC)c1ccc2nc3c4ccccc4c(=O)c(C(=O)Nc4ccccc4)c-3oc2c1.CN(C)c1ccc2nc3c4ccccc4c(=O)c(C=O)c-3oc2c1. The Bertz CT molecular complexity index is 3040. The first-order valence-corrected chi connectivity index (χ1v) is 18.5. The summed E-state index contributed by atoms with van der Waals surface area (Å²) in [5.41, 5.74) is 5.21. The van der Waals surface area contributed by atoms with Gasteiger partial charge in [0.05, 0.1) is 0 Å². The van der Waals surface area contributed by atoms with E-state index in [-0.39, 0.29) is 33.5 Å². The Morgan fingerprint density at radius 2 is 1.16 bits per heavy atom. The van der Waals surface area contributed by atoms with Crippen LogP contribution in [0.5, 0.6) is 0 Å². The fourth-order valence-corrected chi connectivity index (χ4v) is 7.08. The number of hydrogen-bond donors (Lipinski definition) is 1. The molecule has 2 heterocycles. The summed E-state index contributed by atoms with van der Waals surface area (Å²) < 4.78 is 12.2. The van der Waals surface area contributed by atoms with Crippen LogP contribution in [0, 0.1) is 0 Å². The molecule has 5 aromatic rings. The van der Waals surface area contributed by atoms with Gasteiger partial charge in [-0.05, 0) is 50.2 Å². The highest BCUT2D eigenvalue weighted by Gasteiger charge is 2.27. The molecule has 1 amide bonds. The summed E-state index contributed by atoms with van der Waals surface area (Å²) in [4.78, 5) is 64.4. The second-order valence-corrected chi connectivity index (χ2v) is 13.6. The second-order valence-electron chi connectivity index (χ2n) is 13.6. The van der Waals surface area contributed by atoms with E-state index in [0.29, 0.717) is 67.1 Å². The van der Waals surface area contributed by atoms with Crippen LogP contribution < -0.4 is 26.0 Å². The molecule has 9 rings (SSSR count). The van der Waals surface area contributed by atoms with E-state index in [1.165, 1.54) is 0 Å². The highest BCUT2D eigenvalue weighted by atomic mass is 16.3. The molecular weight excluding hydrogens is 719 g/mol. The first kappa shape index (κ1) is 36.6. The summed E-state index contributed by atoms with van der Waals surface area (Å²) in [5.74, 6) is -0.0971. The summed E-state index contributed by atoms with van der Waals surface area (Å²) in [7, 11) is 3.85. The molecule has 0 unspecified atom stereocenters. The number of aldehydes is 1. The third-order valence-corrected chi connectivity index (χ3v) is 10.0. The van der Waals surface area contributed by atoms with E-state index < -0.39 is 5.91 Å². The molecule has 282 valence electrons. The predicted octanol–water partition coefficient (Wildman–Crippen LogP) is 8.87. The first-order chi connectivity index (χ1) is 27.7. The lowest BCUT2D eigenvalue weighted by atomic mass is 9.98. The number of fused-ring (bicyclic) bond motifs is 8. The van der Waals surface area contributed by atoms with Crippen molar-refractivity contribution in [1.82, 2.24) is 9.97 Å². The number of amides is 1. The molecule has 0 spiro atoms. The molecule has 0 radical (unpaired) electrons. The Kier molecular flexibility index (Phi) is 9.64. The van der Waals surface area contributed by atoms with E-state index in [1.54, 1.807) is 36.4 Å². The molecule has 11 heteroatoms. The topological polar surface area (TPSA) is 139 Å². The Balaban J connectivity index is 0.000000168. The Hall–Kier alpha value is -7.40. The lowest BCUT2D eigenvalue weighted by molar-refractivity contribution is 0.102. The maximum absolute atomic E-state index is 13.4. The van der Waals surface area contributed by atoms with Gasteiger partial charge >= 0.3 is 0 Å². The van der Waals surface area contributed by atoms with Gasteiger partial charge in [0.25, 0.3) is 5.91 Å². The van der Waals surface area contributed by atoms with Gasteiger partial charge in [0, 0.05) is 77.9 Å². The minimum Gasteiger partial charge on any atom is -0.452 e. The van der Waals surface area contributed by atoms with Gasteiger partial charge in [-0.1, -0.05) is 66.7 Å². The molecule has 1 N–H and O–H groups in total. The number of nitrogens with zero attached hydrogens (tertiary/aromatic N) is 4. The number of para-hydroxylation sites is 1. The maximum Gasteiger partial charge on any atom is 0.263 e. The Morgan fingerprint density at radius 3 is 1.74 bits per heavy atom. The lowest BCUT2D eigenvalue weighted by Gasteiger charge is -2.21. The van der Waals surface area contributed by atoms with Crippen molar-refractivity contribution in [2.45, 2.75) is 13.8 Å². The van der Waals surface area contributed by atoms with Crippen LogP contribution >= 0.6 is 0 Å². The van der Waals surface area contributed by atoms with Crippen molar-refractivity contribution >= 4 is 73.0 Å². The average molecular weight is 756 g/mol. The highest BCUT2D eigenvalue weighted by Crippen LogP contribution is 2.35. The van der Waals surface area contributed by atoms with E-state index in [2.05, 4.69) is 29.0 Å². The first-order valence-electron chi connectivity index (χ1n) is 18.5. The Morgan fingerprint density at radius 1 is 0.649 bits per heavy atom. The van der Waals surface area contributed by atoms with Crippen LogP contribution in [0.2, 0.25) is 0 Å². The average Bonchev–Trinajstić information content (AvgIpc) is 3.24. The van der Waals surface area contributed by atoms with E-state index in [9.17, 15) is 19.2 Å². The summed E-state index contributed by atoms with van der Waals surface area (Å²) >= 11 is 0. The number of benzene rings is 7. The van der Waals surface area contributed by atoms with Crippen LogP contribution in [-0.2, 0) is 0 Å². The van der Waals surface area contributed by atoms with E-state index in [1.807, 2.05) is 97.9 Å². The van der Waals surface area contributed by atoms with Crippen LogP contribution in [0.4, 0.5) is 17.1 Å². The number of rotatable bonds is 7. The zero-order chi connectivity index (χ0) is 39.8. The molecule has 11 nitrogen and oxygen atoms in total. The van der Waals surface area contributed by atoms with Crippen molar-refractivity contribution < 1.29 is 18.4 Å².